The minimum atomic E-state index is 0.0709. The maximum Gasteiger partial charge on any atom is 0.170 e. The van der Waals surface area contributed by atoms with Crippen LogP contribution in [0.1, 0.15) is 24.0 Å². The van der Waals surface area contributed by atoms with Gasteiger partial charge in [0.25, 0.3) is 0 Å². The topological polar surface area (TPSA) is 71.1 Å². The van der Waals surface area contributed by atoms with Crippen LogP contribution in [-0.4, -0.2) is 42.7 Å². The molecule has 21 heavy (non-hydrogen) atoms. The van der Waals surface area contributed by atoms with Crippen LogP contribution in [0, 0.1) is 5.92 Å². The van der Waals surface area contributed by atoms with Crippen molar-refractivity contribution in [1.82, 2.24) is 4.90 Å². The maximum absolute atomic E-state index is 8.69. The van der Waals surface area contributed by atoms with E-state index < -0.39 is 0 Å². The van der Waals surface area contributed by atoms with Crippen molar-refractivity contribution in [3.05, 3.63) is 34.3 Å². The number of likely N-dealkylation sites (tertiary alicyclic amines) is 1. The third-order valence-electron chi connectivity index (χ3n) is 3.86. The van der Waals surface area contributed by atoms with Gasteiger partial charge >= 0.3 is 0 Å². The summed E-state index contributed by atoms with van der Waals surface area (Å²) in [4.78, 5) is 2.40. The van der Waals surface area contributed by atoms with Crippen molar-refractivity contribution in [3.63, 3.8) is 0 Å². The third-order valence-corrected chi connectivity index (χ3v) is 4.21. The van der Waals surface area contributed by atoms with E-state index in [9.17, 15) is 0 Å². The molecule has 0 saturated carbocycles. The van der Waals surface area contributed by atoms with Crippen LogP contribution in [0.25, 0.3) is 0 Å². The second-order valence-corrected chi connectivity index (χ2v) is 5.90. The number of hydrogen-bond acceptors (Lipinski definition) is 4. The minimum absolute atomic E-state index is 0.0709. The number of rotatable bonds is 5. The highest BCUT2D eigenvalue weighted by molar-refractivity contribution is 6.31. The molecule has 1 aromatic rings. The van der Waals surface area contributed by atoms with Gasteiger partial charge in [-0.15, -0.1) is 0 Å². The molecule has 0 spiro atoms. The molecule has 1 aromatic carbocycles. The van der Waals surface area contributed by atoms with Crippen molar-refractivity contribution < 1.29 is 9.94 Å². The fourth-order valence-electron chi connectivity index (χ4n) is 2.80. The summed E-state index contributed by atoms with van der Waals surface area (Å²) in [7, 11) is 1.75. The van der Waals surface area contributed by atoms with Gasteiger partial charge in [-0.05, 0) is 36.9 Å². The number of methoxy groups -OCH3 is 1. The number of nitrogens with zero attached hydrogens (tertiary/aromatic N) is 2. The normalized spacial score (nSPS) is 20.7. The van der Waals surface area contributed by atoms with Gasteiger partial charge in [0.2, 0.25) is 0 Å². The van der Waals surface area contributed by atoms with E-state index >= 15 is 0 Å². The van der Waals surface area contributed by atoms with Crippen LogP contribution in [0.2, 0.25) is 5.02 Å². The Kier molecular flexibility index (Phi) is 5.85. The molecule has 1 atom stereocenters. The quantitative estimate of drug-likeness (QED) is 0.379. The molecule has 1 fully saturated rings. The Morgan fingerprint density at radius 2 is 2.38 bits per heavy atom. The van der Waals surface area contributed by atoms with Crippen LogP contribution in [0.3, 0.4) is 0 Å². The van der Waals surface area contributed by atoms with E-state index in [-0.39, 0.29) is 5.84 Å². The van der Waals surface area contributed by atoms with Crippen LogP contribution >= 0.6 is 11.6 Å². The van der Waals surface area contributed by atoms with Crippen LogP contribution < -0.4 is 5.73 Å². The maximum atomic E-state index is 8.69. The molecule has 0 aromatic heterocycles. The van der Waals surface area contributed by atoms with Gasteiger partial charge in [0.15, 0.2) is 5.84 Å². The molecule has 0 bridgehead atoms. The summed E-state index contributed by atoms with van der Waals surface area (Å²) in [5.74, 6) is 0.667. The van der Waals surface area contributed by atoms with Crippen molar-refractivity contribution in [3.8, 4) is 0 Å². The molecule has 1 aliphatic rings. The van der Waals surface area contributed by atoms with E-state index in [2.05, 4.69) is 10.1 Å². The number of nitrogens with two attached hydrogens (primary N) is 1. The zero-order valence-corrected chi connectivity index (χ0v) is 13.0. The second-order valence-electron chi connectivity index (χ2n) is 5.49. The van der Waals surface area contributed by atoms with E-state index in [1.165, 1.54) is 12.8 Å². The van der Waals surface area contributed by atoms with Gasteiger partial charge in [-0.2, -0.15) is 0 Å². The number of amidine groups is 1. The van der Waals surface area contributed by atoms with Gasteiger partial charge < -0.3 is 15.7 Å². The predicted molar refractivity (Wildman–Crippen MR) is 83.8 cm³/mol. The van der Waals surface area contributed by atoms with Crippen LogP contribution in [0.4, 0.5) is 0 Å². The number of piperidine rings is 1. The Labute approximate surface area is 130 Å². The second kappa shape index (κ2) is 7.64. The highest BCUT2D eigenvalue weighted by Crippen LogP contribution is 2.23. The molecule has 0 amide bonds. The molecule has 1 aliphatic heterocycles. The largest absolute Gasteiger partial charge is 0.409 e. The number of ether oxygens (including phenoxy) is 1. The first-order chi connectivity index (χ1) is 10.1. The first kappa shape index (κ1) is 16.1. The van der Waals surface area contributed by atoms with Crippen LogP contribution in [0.15, 0.2) is 23.4 Å². The number of benzene rings is 1. The summed E-state index contributed by atoms with van der Waals surface area (Å²) in [6, 6.07) is 5.50. The summed E-state index contributed by atoms with van der Waals surface area (Å²) in [5.41, 5.74) is 7.25. The Balaban J connectivity index is 2.02. The molecule has 0 aliphatic carbocycles. The standard InChI is InChI=1S/C15H22ClN3O2/c1-21-10-11-3-2-6-19(8-11)9-13-5-4-12(7-14(13)16)15(17)18-20/h4-5,7,11,20H,2-3,6,8-10H2,1H3,(H2,17,18). The lowest BCUT2D eigenvalue weighted by Crippen LogP contribution is -2.36. The van der Waals surface area contributed by atoms with Crippen LogP contribution in [-0.2, 0) is 11.3 Å². The highest BCUT2D eigenvalue weighted by Gasteiger charge is 2.20. The van der Waals surface area contributed by atoms with Gasteiger partial charge in [-0.3, -0.25) is 4.90 Å². The molecule has 1 saturated heterocycles. The molecule has 2 rings (SSSR count). The van der Waals surface area contributed by atoms with Crippen molar-refractivity contribution in [2.24, 2.45) is 16.8 Å². The number of halogens is 1. The summed E-state index contributed by atoms with van der Waals surface area (Å²) >= 11 is 6.30. The van der Waals surface area contributed by atoms with Crippen molar-refractivity contribution in [1.29, 1.82) is 0 Å². The lowest BCUT2D eigenvalue weighted by molar-refractivity contribution is 0.0874. The molecule has 3 N–H and O–H groups in total. The van der Waals surface area contributed by atoms with E-state index in [4.69, 9.17) is 27.3 Å². The zero-order valence-electron chi connectivity index (χ0n) is 12.3. The molecule has 1 heterocycles. The molecule has 1 unspecified atom stereocenters. The smallest absolute Gasteiger partial charge is 0.170 e. The molecule has 0 radical (unpaired) electrons. The lowest BCUT2D eigenvalue weighted by atomic mass is 9.98. The first-order valence-corrected chi connectivity index (χ1v) is 7.49. The minimum Gasteiger partial charge on any atom is -0.409 e. The molecule has 6 heteroatoms. The van der Waals surface area contributed by atoms with E-state index in [1.807, 2.05) is 12.1 Å². The summed E-state index contributed by atoms with van der Waals surface area (Å²) in [5, 5.41) is 12.3. The molecule has 5 nitrogen and oxygen atoms in total. The van der Waals surface area contributed by atoms with Crippen molar-refractivity contribution >= 4 is 17.4 Å². The number of oxime groups is 1. The van der Waals surface area contributed by atoms with Crippen LogP contribution in [0.5, 0.6) is 0 Å². The number of hydrogen-bond donors (Lipinski definition) is 2. The Bertz CT molecular complexity index is 506. The lowest BCUT2D eigenvalue weighted by Gasteiger charge is -2.32. The summed E-state index contributed by atoms with van der Waals surface area (Å²) in [6.45, 7) is 3.74. The average Bonchev–Trinajstić information content (AvgIpc) is 2.49. The van der Waals surface area contributed by atoms with Crippen molar-refractivity contribution in [2.45, 2.75) is 19.4 Å². The molecular formula is C15H22ClN3O2. The van der Waals surface area contributed by atoms with E-state index in [0.29, 0.717) is 16.5 Å². The van der Waals surface area contributed by atoms with Gasteiger partial charge in [0.05, 0.1) is 6.61 Å². The SMILES string of the molecule is COCC1CCCN(Cc2ccc(/C(N)=N/O)cc2Cl)C1. The fourth-order valence-corrected chi connectivity index (χ4v) is 3.04. The van der Waals surface area contributed by atoms with Gasteiger partial charge in [-0.25, -0.2) is 0 Å². The fraction of sp³-hybridized carbons (Fsp3) is 0.533. The zero-order chi connectivity index (χ0) is 15.2. The Morgan fingerprint density at radius 1 is 1.57 bits per heavy atom. The van der Waals surface area contributed by atoms with Crippen molar-refractivity contribution in [2.75, 3.05) is 26.8 Å². The first-order valence-electron chi connectivity index (χ1n) is 7.11. The monoisotopic (exact) mass is 311 g/mol. The average molecular weight is 312 g/mol. The van der Waals surface area contributed by atoms with Gasteiger partial charge in [-0.1, -0.05) is 28.9 Å². The van der Waals surface area contributed by atoms with E-state index in [1.54, 1.807) is 13.2 Å². The molecule has 116 valence electrons. The molecular weight excluding hydrogens is 290 g/mol. The Hall–Kier alpha value is -1.30. The predicted octanol–water partition coefficient (Wildman–Crippen LogP) is 2.29. The Morgan fingerprint density at radius 3 is 3.05 bits per heavy atom. The third kappa shape index (κ3) is 4.33. The highest BCUT2D eigenvalue weighted by atomic mass is 35.5. The summed E-state index contributed by atoms with van der Waals surface area (Å²) < 4.78 is 5.25. The van der Waals surface area contributed by atoms with E-state index in [0.717, 1.165) is 31.8 Å². The summed E-state index contributed by atoms with van der Waals surface area (Å²) in [6.07, 6.45) is 2.41. The van der Waals surface area contributed by atoms with Gasteiger partial charge in [0.1, 0.15) is 0 Å². The van der Waals surface area contributed by atoms with Gasteiger partial charge in [0, 0.05) is 30.8 Å².